The van der Waals surface area contributed by atoms with E-state index < -0.39 is 10.0 Å². The quantitative estimate of drug-likeness (QED) is 0.689. The molecule has 0 aliphatic carbocycles. The van der Waals surface area contributed by atoms with Gasteiger partial charge < -0.3 is 10.2 Å². The molecule has 1 aliphatic rings. The molecule has 1 unspecified atom stereocenters. The minimum Gasteiger partial charge on any atom is -0.370 e. The lowest BCUT2D eigenvalue weighted by atomic mass is 10.1. The Morgan fingerprint density at radius 1 is 1.19 bits per heavy atom. The summed E-state index contributed by atoms with van der Waals surface area (Å²) in [5.41, 5.74) is 1.07. The molecule has 0 spiro atoms. The third-order valence-electron chi connectivity index (χ3n) is 4.60. The van der Waals surface area contributed by atoms with E-state index in [1.165, 1.54) is 6.07 Å². The Morgan fingerprint density at radius 3 is 2.50 bits per heavy atom. The fourth-order valence-electron chi connectivity index (χ4n) is 3.22. The molecule has 1 fully saturated rings. The Balaban J connectivity index is 2.35. The van der Waals surface area contributed by atoms with Crippen molar-refractivity contribution in [1.29, 1.82) is 0 Å². The molecular weight excluding hydrogens is 350 g/mol. The van der Waals surface area contributed by atoms with Crippen LogP contribution in [0.1, 0.15) is 63.2 Å². The number of rotatable bonds is 9. The first-order valence-corrected chi connectivity index (χ1v) is 11.1. The van der Waals surface area contributed by atoms with Crippen molar-refractivity contribution in [3.63, 3.8) is 0 Å². The second-order valence-corrected chi connectivity index (χ2v) is 8.67. The van der Waals surface area contributed by atoms with Gasteiger partial charge >= 0.3 is 0 Å². The van der Waals surface area contributed by atoms with Crippen LogP contribution in [0.4, 0.5) is 5.69 Å². The highest BCUT2D eigenvalue weighted by Crippen LogP contribution is 2.29. The van der Waals surface area contributed by atoms with Crippen LogP contribution in [-0.2, 0) is 10.0 Å². The van der Waals surface area contributed by atoms with Crippen LogP contribution in [0.15, 0.2) is 23.1 Å². The Morgan fingerprint density at radius 2 is 1.88 bits per heavy atom. The summed E-state index contributed by atoms with van der Waals surface area (Å²) in [7, 11) is -3.66. The van der Waals surface area contributed by atoms with Gasteiger partial charge in [-0.2, -0.15) is 0 Å². The summed E-state index contributed by atoms with van der Waals surface area (Å²) < 4.78 is 28.2. The maximum atomic E-state index is 12.8. The summed E-state index contributed by atoms with van der Waals surface area (Å²) >= 11 is 0. The second-order valence-electron chi connectivity index (χ2n) is 6.94. The standard InChI is InChI=1S/C19H31N3O3S/c1-4-8-15(3)21-19(23)16-9-10-17(22-12-6-7-13-22)18(14-16)26(24,25)20-11-5-2/h9-10,14-15,20H,4-8,11-13H2,1-3H3,(H,21,23). The molecule has 6 nitrogen and oxygen atoms in total. The maximum Gasteiger partial charge on any atom is 0.251 e. The van der Waals surface area contributed by atoms with E-state index >= 15 is 0 Å². The van der Waals surface area contributed by atoms with Crippen LogP contribution in [0.3, 0.4) is 0 Å². The summed E-state index contributed by atoms with van der Waals surface area (Å²) in [6.07, 6.45) is 4.70. The van der Waals surface area contributed by atoms with Gasteiger partial charge in [-0.05, 0) is 50.8 Å². The van der Waals surface area contributed by atoms with Crippen molar-refractivity contribution in [3.8, 4) is 0 Å². The lowest BCUT2D eigenvalue weighted by Gasteiger charge is -2.22. The average Bonchev–Trinajstić information content (AvgIpc) is 3.14. The lowest BCUT2D eigenvalue weighted by molar-refractivity contribution is 0.0938. The molecule has 1 aromatic rings. The number of anilines is 1. The molecule has 0 bridgehead atoms. The smallest absolute Gasteiger partial charge is 0.251 e. The van der Waals surface area contributed by atoms with Gasteiger partial charge in [0.1, 0.15) is 4.90 Å². The number of hydrogen-bond donors (Lipinski definition) is 2. The number of amides is 1. The number of carbonyl (C=O) groups excluding carboxylic acids is 1. The molecule has 0 aromatic heterocycles. The van der Waals surface area contributed by atoms with Gasteiger partial charge in [0, 0.05) is 31.2 Å². The van der Waals surface area contributed by atoms with E-state index in [0.29, 0.717) is 24.2 Å². The Hall–Kier alpha value is -1.60. The number of nitrogens with zero attached hydrogens (tertiary/aromatic N) is 1. The molecule has 1 heterocycles. The van der Waals surface area contributed by atoms with Gasteiger partial charge in [0.05, 0.1) is 5.69 Å². The van der Waals surface area contributed by atoms with Crippen molar-refractivity contribution in [2.24, 2.45) is 0 Å². The van der Waals surface area contributed by atoms with Crippen molar-refractivity contribution in [1.82, 2.24) is 10.0 Å². The van der Waals surface area contributed by atoms with Crippen LogP contribution >= 0.6 is 0 Å². The Bertz CT molecular complexity index is 713. The van der Waals surface area contributed by atoms with Crippen molar-refractivity contribution in [2.45, 2.75) is 63.8 Å². The van der Waals surface area contributed by atoms with E-state index in [1.807, 2.05) is 13.8 Å². The molecular formula is C19H31N3O3S. The van der Waals surface area contributed by atoms with Crippen molar-refractivity contribution in [3.05, 3.63) is 23.8 Å². The van der Waals surface area contributed by atoms with Crippen LogP contribution in [0.2, 0.25) is 0 Å². The number of sulfonamides is 1. The number of benzene rings is 1. The van der Waals surface area contributed by atoms with E-state index in [9.17, 15) is 13.2 Å². The first kappa shape index (κ1) is 20.7. The zero-order chi connectivity index (χ0) is 19.2. The fraction of sp³-hybridized carbons (Fsp3) is 0.632. The Kier molecular flexibility index (Phi) is 7.46. The topological polar surface area (TPSA) is 78.5 Å². The highest BCUT2D eigenvalue weighted by molar-refractivity contribution is 7.89. The van der Waals surface area contributed by atoms with E-state index in [0.717, 1.165) is 38.8 Å². The SMILES string of the molecule is CCCNS(=O)(=O)c1cc(C(=O)NC(C)CCC)ccc1N1CCCC1. The molecule has 1 aliphatic heterocycles. The Labute approximate surface area is 157 Å². The number of carbonyl (C=O) groups is 1. The van der Waals surface area contributed by atoms with Gasteiger partial charge in [-0.3, -0.25) is 4.79 Å². The molecule has 1 saturated heterocycles. The molecule has 1 aromatic carbocycles. The minimum atomic E-state index is -3.66. The van der Waals surface area contributed by atoms with Crippen LogP contribution < -0.4 is 14.9 Å². The molecule has 2 N–H and O–H groups in total. The molecule has 146 valence electrons. The molecule has 2 rings (SSSR count). The number of nitrogens with one attached hydrogen (secondary N) is 2. The van der Waals surface area contributed by atoms with Gasteiger partial charge in [-0.15, -0.1) is 0 Å². The van der Waals surface area contributed by atoms with Crippen molar-refractivity contribution in [2.75, 3.05) is 24.5 Å². The fourth-order valence-corrected chi connectivity index (χ4v) is 4.60. The molecule has 26 heavy (non-hydrogen) atoms. The largest absolute Gasteiger partial charge is 0.370 e. The third kappa shape index (κ3) is 5.20. The molecule has 1 atom stereocenters. The van der Waals surface area contributed by atoms with Crippen LogP contribution in [0, 0.1) is 0 Å². The first-order valence-electron chi connectivity index (χ1n) is 9.58. The van der Waals surface area contributed by atoms with Crippen molar-refractivity contribution >= 4 is 21.6 Å². The summed E-state index contributed by atoms with van der Waals surface area (Å²) in [6.45, 7) is 8.01. The molecule has 0 radical (unpaired) electrons. The highest BCUT2D eigenvalue weighted by atomic mass is 32.2. The van der Waals surface area contributed by atoms with Gasteiger partial charge in [0.15, 0.2) is 0 Å². The van der Waals surface area contributed by atoms with E-state index in [4.69, 9.17) is 0 Å². The zero-order valence-corrected chi connectivity index (χ0v) is 16.9. The maximum absolute atomic E-state index is 12.8. The summed E-state index contributed by atoms with van der Waals surface area (Å²) in [5.74, 6) is -0.231. The monoisotopic (exact) mass is 381 g/mol. The highest BCUT2D eigenvalue weighted by Gasteiger charge is 2.25. The predicted octanol–water partition coefficient (Wildman–Crippen LogP) is 2.89. The third-order valence-corrected chi connectivity index (χ3v) is 6.09. The lowest BCUT2D eigenvalue weighted by Crippen LogP contribution is -2.33. The van der Waals surface area contributed by atoms with E-state index in [2.05, 4.69) is 21.9 Å². The van der Waals surface area contributed by atoms with Crippen LogP contribution in [-0.4, -0.2) is 40.0 Å². The molecule has 1 amide bonds. The van der Waals surface area contributed by atoms with E-state index in [-0.39, 0.29) is 16.8 Å². The van der Waals surface area contributed by atoms with E-state index in [1.54, 1.807) is 12.1 Å². The second kappa shape index (κ2) is 9.37. The average molecular weight is 382 g/mol. The van der Waals surface area contributed by atoms with Gasteiger partial charge in [0.2, 0.25) is 10.0 Å². The van der Waals surface area contributed by atoms with Crippen molar-refractivity contribution < 1.29 is 13.2 Å². The van der Waals surface area contributed by atoms with Gasteiger partial charge in [-0.1, -0.05) is 20.3 Å². The summed E-state index contributed by atoms with van der Waals surface area (Å²) in [4.78, 5) is 14.8. The summed E-state index contributed by atoms with van der Waals surface area (Å²) in [6, 6.07) is 5.06. The zero-order valence-electron chi connectivity index (χ0n) is 16.0. The van der Waals surface area contributed by atoms with Gasteiger partial charge in [0.25, 0.3) is 5.91 Å². The first-order chi connectivity index (χ1) is 12.4. The van der Waals surface area contributed by atoms with Gasteiger partial charge in [-0.25, -0.2) is 13.1 Å². The molecule has 0 saturated carbocycles. The predicted molar refractivity (Wildman–Crippen MR) is 105 cm³/mol. The summed E-state index contributed by atoms with van der Waals surface area (Å²) in [5, 5.41) is 2.94. The molecule has 7 heteroatoms. The van der Waals surface area contributed by atoms with Crippen LogP contribution in [0.25, 0.3) is 0 Å². The normalized spacial score (nSPS) is 15.9. The minimum absolute atomic E-state index is 0.0593. The van der Waals surface area contributed by atoms with Crippen LogP contribution in [0.5, 0.6) is 0 Å². The number of hydrogen-bond acceptors (Lipinski definition) is 4.